The summed E-state index contributed by atoms with van der Waals surface area (Å²) in [7, 11) is -3.24. The number of rotatable bonds is 5. The molecule has 7 nitrogen and oxygen atoms in total. The van der Waals surface area contributed by atoms with Gasteiger partial charge >= 0.3 is 0 Å². The van der Waals surface area contributed by atoms with Gasteiger partial charge in [-0.3, -0.25) is 0 Å². The molecule has 8 heteroatoms. The highest BCUT2D eigenvalue weighted by molar-refractivity contribution is 7.90. The molecular formula is C16H16N4O3S. The molecule has 0 amide bonds. The highest BCUT2D eigenvalue weighted by atomic mass is 32.2. The van der Waals surface area contributed by atoms with Crippen molar-refractivity contribution in [3.8, 4) is 17.1 Å². The molecule has 0 aliphatic heterocycles. The molecule has 0 fully saturated rings. The molecule has 0 spiro atoms. The highest BCUT2D eigenvalue weighted by Gasteiger charge is 2.12. The molecule has 0 aliphatic carbocycles. The fourth-order valence-electron chi connectivity index (χ4n) is 2.33. The van der Waals surface area contributed by atoms with Gasteiger partial charge in [0, 0.05) is 18.4 Å². The van der Waals surface area contributed by atoms with Gasteiger partial charge < -0.3 is 5.11 Å². The van der Waals surface area contributed by atoms with E-state index in [2.05, 4.69) is 15.5 Å². The predicted molar refractivity (Wildman–Crippen MR) is 88.5 cm³/mol. The van der Waals surface area contributed by atoms with E-state index < -0.39 is 9.84 Å². The first-order valence-corrected chi connectivity index (χ1v) is 9.17. The molecule has 0 unspecified atom stereocenters. The van der Waals surface area contributed by atoms with Crippen LogP contribution < -0.4 is 0 Å². The fourth-order valence-corrected chi connectivity index (χ4v) is 2.96. The van der Waals surface area contributed by atoms with Gasteiger partial charge in [0.1, 0.15) is 0 Å². The summed E-state index contributed by atoms with van der Waals surface area (Å²) in [4.78, 5) is 0.249. The van der Waals surface area contributed by atoms with E-state index in [4.69, 9.17) is 5.11 Å². The van der Waals surface area contributed by atoms with Gasteiger partial charge in [-0.1, -0.05) is 12.1 Å². The molecule has 1 N–H and O–H groups in total. The van der Waals surface area contributed by atoms with Crippen LogP contribution in [0.1, 0.15) is 5.56 Å². The number of benzene rings is 2. The number of tetrazole rings is 1. The Morgan fingerprint density at radius 3 is 2.29 bits per heavy atom. The Morgan fingerprint density at radius 2 is 1.71 bits per heavy atom. The zero-order valence-corrected chi connectivity index (χ0v) is 13.8. The van der Waals surface area contributed by atoms with Crippen molar-refractivity contribution in [2.24, 2.45) is 0 Å². The lowest BCUT2D eigenvalue weighted by Crippen LogP contribution is -2.01. The Bertz CT molecular complexity index is 932. The molecule has 1 heterocycles. The van der Waals surface area contributed by atoms with Gasteiger partial charge in [-0.15, -0.1) is 5.10 Å². The van der Waals surface area contributed by atoms with Crippen molar-refractivity contribution in [3.05, 3.63) is 54.1 Å². The van der Waals surface area contributed by atoms with E-state index in [1.807, 2.05) is 24.3 Å². The Hall–Kier alpha value is -2.58. The fraction of sp³-hybridized carbons (Fsp3) is 0.188. The van der Waals surface area contributed by atoms with Crippen molar-refractivity contribution in [2.75, 3.05) is 12.9 Å². The SMILES string of the molecule is CS(=O)(=O)c1ccc(-c2nnnn2-c2ccc(CCO)cc2)cc1. The number of aliphatic hydroxyl groups excluding tert-OH is 1. The molecule has 0 atom stereocenters. The molecule has 0 aliphatic rings. The molecule has 0 saturated heterocycles. The van der Waals surface area contributed by atoms with Gasteiger partial charge in [-0.2, -0.15) is 4.68 Å². The molecule has 3 aromatic rings. The van der Waals surface area contributed by atoms with Crippen LogP contribution in [0.15, 0.2) is 53.4 Å². The maximum absolute atomic E-state index is 11.5. The minimum absolute atomic E-state index is 0.0994. The standard InChI is InChI=1S/C16H16N4O3S/c1-24(22,23)15-8-4-13(5-9-15)16-17-18-19-20(16)14-6-2-12(3-7-14)10-11-21/h2-9,21H,10-11H2,1H3. The number of hydrogen-bond donors (Lipinski definition) is 1. The monoisotopic (exact) mass is 344 g/mol. The average molecular weight is 344 g/mol. The van der Waals surface area contributed by atoms with Crippen LogP contribution in [0.2, 0.25) is 0 Å². The Morgan fingerprint density at radius 1 is 1.04 bits per heavy atom. The summed E-state index contributed by atoms with van der Waals surface area (Å²) in [5, 5.41) is 20.7. The van der Waals surface area contributed by atoms with E-state index in [0.29, 0.717) is 17.8 Å². The van der Waals surface area contributed by atoms with E-state index in [0.717, 1.165) is 11.3 Å². The van der Waals surface area contributed by atoms with Crippen LogP contribution in [0.3, 0.4) is 0 Å². The third kappa shape index (κ3) is 3.34. The lowest BCUT2D eigenvalue weighted by atomic mass is 10.1. The lowest BCUT2D eigenvalue weighted by Gasteiger charge is -2.06. The number of nitrogens with zero attached hydrogens (tertiary/aromatic N) is 4. The van der Waals surface area contributed by atoms with Crippen molar-refractivity contribution in [1.82, 2.24) is 20.2 Å². The Kier molecular flexibility index (Phi) is 4.41. The summed E-state index contributed by atoms with van der Waals surface area (Å²) in [6.07, 6.45) is 1.76. The number of aliphatic hydroxyl groups is 1. The molecule has 0 saturated carbocycles. The van der Waals surface area contributed by atoms with E-state index in [9.17, 15) is 8.42 Å². The van der Waals surface area contributed by atoms with Crippen LogP contribution >= 0.6 is 0 Å². The van der Waals surface area contributed by atoms with Crippen LogP contribution in [0.4, 0.5) is 0 Å². The van der Waals surface area contributed by atoms with Crippen molar-refractivity contribution < 1.29 is 13.5 Å². The Balaban J connectivity index is 1.95. The topological polar surface area (TPSA) is 98.0 Å². The van der Waals surface area contributed by atoms with Gasteiger partial charge in [0.2, 0.25) is 0 Å². The smallest absolute Gasteiger partial charge is 0.187 e. The minimum Gasteiger partial charge on any atom is -0.396 e. The van der Waals surface area contributed by atoms with E-state index >= 15 is 0 Å². The van der Waals surface area contributed by atoms with Gasteiger partial charge in [0.05, 0.1) is 10.6 Å². The third-order valence-corrected chi connectivity index (χ3v) is 4.72. The van der Waals surface area contributed by atoms with Crippen molar-refractivity contribution in [1.29, 1.82) is 0 Å². The number of sulfone groups is 1. The number of aromatic nitrogens is 4. The summed E-state index contributed by atoms with van der Waals surface area (Å²) in [6.45, 7) is 0.0994. The molecule has 1 aromatic heterocycles. The van der Waals surface area contributed by atoms with Crippen LogP contribution in [0, 0.1) is 0 Å². The molecule has 124 valence electrons. The van der Waals surface area contributed by atoms with Crippen molar-refractivity contribution in [3.63, 3.8) is 0 Å². The number of hydrogen-bond acceptors (Lipinski definition) is 6. The van der Waals surface area contributed by atoms with E-state index in [-0.39, 0.29) is 11.5 Å². The second kappa shape index (κ2) is 6.50. The predicted octanol–water partition coefficient (Wildman–Crippen LogP) is 1.27. The molecule has 24 heavy (non-hydrogen) atoms. The molecule has 0 radical (unpaired) electrons. The third-order valence-electron chi connectivity index (χ3n) is 3.59. The van der Waals surface area contributed by atoms with Crippen molar-refractivity contribution in [2.45, 2.75) is 11.3 Å². The largest absolute Gasteiger partial charge is 0.396 e. The normalized spacial score (nSPS) is 11.6. The maximum atomic E-state index is 11.5. The molecule has 0 bridgehead atoms. The highest BCUT2D eigenvalue weighted by Crippen LogP contribution is 2.21. The van der Waals surface area contributed by atoms with Crippen molar-refractivity contribution >= 4 is 9.84 Å². The van der Waals surface area contributed by atoms with E-state index in [1.165, 1.54) is 18.4 Å². The lowest BCUT2D eigenvalue weighted by molar-refractivity contribution is 0.299. The van der Waals surface area contributed by atoms with E-state index in [1.54, 1.807) is 16.8 Å². The van der Waals surface area contributed by atoms with Crippen LogP contribution in [0.5, 0.6) is 0 Å². The molecule has 3 rings (SSSR count). The van der Waals surface area contributed by atoms with Gasteiger partial charge in [-0.05, 0) is 58.8 Å². The first-order chi connectivity index (χ1) is 11.5. The first kappa shape index (κ1) is 16.3. The molecule has 2 aromatic carbocycles. The summed E-state index contributed by atoms with van der Waals surface area (Å²) in [5.41, 5.74) is 2.52. The second-order valence-electron chi connectivity index (χ2n) is 5.35. The average Bonchev–Trinajstić information content (AvgIpc) is 3.05. The van der Waals surface area contributed by atoms with Crippen LogP contribution in [-0.2, 0) is 16.3 Å². The summed E-state index contributed by atoms with van der Waals surface area (Å²) in [5.74, 6) is 0.518. The van der Waals surface area contributed by atoms with Crippen LogP contribution in [0.25, 0.3) is 17.1 Å². The first-order valence-electron chi connectivity index (χ1n) is 7.28. The summed E-state index contributed by atoms with van der Waals surface area (Å²) < 4.78 is 24.7. The maximum Gasteiger partial charge on any atom is 0.187 e. The van der Waals surface area contributed by atoms with Crippen LogP contribution in [-0.4, -0.2) is 46.6 Å². The quantitative estimate of drug-likeness (QED) is 0.748. The summed E-state index contributed by atoms with van der Waals surface area (Å²) >= 11 is 0. The summed E-state index contributed by atoms with van der Waals surface area (Å²) in [6, 6.07) is 14.0. The van der Waals surface area contributed by atoms with Gasteiger partial charge in [0.25, 0.3) is 0 Å². The van der Waals surface area contributed by atoms with Gasteiger partial charge in [0.15, 0.2) is 15.7 Å². The zero-order chi connectivity index (χ0) is 17.2. The second-order valence-corrected chi connectivity index (χ2v) is 7.37. The minimum atomic E-state index is -3.24. The molecular weight excluding hydrogens is 328 g/mol. The van der Waals surface area contributed by atoms with Gasteiger partial charge in [-0.25, -0.2) is 8.42 Å². The zero-order valence-electron chi connectivity index (χ0n) is 13.0. The Labute approximate surface area is 139 Å².